The molecule has 2 N–H and O–H groups in total. The van der Waals surface area contributed by atoms with Crippen LogP contribution in [0.2, 0.25) is 5.02 Å². The number of hydrogen-bond acceptors (Lipinski definition) is 2. The molecule has 100 valence electrons. The van der Waals surface area contributed by atoms with Crippen molar-refractivity contribution in [1.82, 2.24) is 0 Å². The van der Waals surface area contributed by atoms with Crippen molar-refractivity contribution in [3.8, 4) is 5.75 Å². The first-order valence-electron chi connectivity index (χ1n) is 6.19. The summed E-state index contributed by atoms with van der Waals surface area (Å²) < 4.78 is 5.15. The van der Waals surface area contributed by atoms with E-state index >= 15 is 0 Å². The Kier molecular flexibility index (Phi) is 4.13. The maximum absolute atomic E-state index is 6.35. The van der Waals surface area contributed by atoms with Crippen molar-refractivity contribution in [2.24, 2.45) is 5.73 Å². The van der Waals surface area contributed by atoms with Gasteiger partial charge < -0.3 is 10.5 Å². The first-order valence-corrected chi connectivity index (χ1v) is 6.57. The smallest absolute Gasteiger partial charge is 0.120 e. The molecular formula is C16H18ClNO. The van der Waals surface area contributed by atoms with Gasteiger partial charge in [-0.2, -0.15) is 0 Å². The number of ether oxygens (including phenoxy) is 1. The zero-order chi connectivity index (χ0) is 14.0. The van der Waals surface area contributed by atoms with Crippen LogP contribution in [-0.4, -0.2) is 7.11 Å². The molecule has 1 unspecified atom stereocenters. The highest BCUT2D eigenvalue weighted by molar-refractivity contribution is 6.31. The van der Waals surface area contributed by atoms with Crippen molar-refractivity contribution < 1.29 is 4.74 Å². The highest BCUT2D eigenvalue weighted by Crippen LogP contribution is 2.31. The van der Waals surface area contributed by atoms with Crippen LogP contribution in [0.3, 0.4) is 0 Å². The Morgan fingerprint density at radius 3 is 2.42 bits per heavy atom. The molecule has 0 saturated carbocycles. The highest BCUT2D eigenvalue weighted by atomic mass is 35.5. The molecule has 2 aromatic rings. The molecule has 0 aliphatic heterocycles. The van der Waals surface area contributed by atoms with E-state index in [0.29, 0.717) is 5.02 Å². The summed E-state index contributed by atoms with van der Waals surface area (Å²) in [6.45, 7) is 4.12. The summed E-state index contributed by atoms with van der Waals surface area (Å²) >= 11 is 6.29. The zero-order valence-corrected chi connectivity index (χ0v) is 12.2. The molecule has 0 spiro atoms. The summed E-state index contributed by atoms with van der Waals surface area (Å²) in [7, 11) is 1.62. The van der Waals surface area contributed by atoms with Crippen LogP contribution in [0, 0.1) is 13.8 Å². The fraction of sp³-hybridized carbons (Fsp3) is 0.250. The summed E-state index contributed by atoms with van der Waals surface area (Å²) in [5.41, 5.74) is 10.7. The van der Waals surface area contributed by atoms with Crippen LogP contribution in [0.5, 0.6) is 5.75 Å². The molecule has 2 nitrogen and oxygen atoms in total. The zero-order valence-electron chi connectivity index (χ0n) is 11.4. The summed E-state index contributed by atoms with van der Waals surface area (Å²) in [6.07, 6.45) is 0. The molecule has 0 heterocycles. The summed E-state index contributed by atoms with van der Waals surface area (Å²) in [6, 6.07) is 11.7. The van der Waals surface area contributed by atoms with E-state index in [2.05, 4.69) is 32.0 Å². The molecule has 3 heteroatoms. The first-order chi connectivity index (χ1) is 9.02. The Morgan fingerprint density at radius 1 is 1.05 bits per heavy atom. The highest BCUT2D eigenvalue weighted by Gasteiger charge is 2.15. The van der Waals surface area contributed by atoms with Gasteiger partial charge in [0.2, 0.25) is 0 Å². The predicted octanol–water partition coefficient (Wildman–Crippen LogP) is 4.01. The minimum Gasteiger partial charge on any atom is -0.497 e. The van der Waals surface area contributed by atoms with Crippen LogP contribution in [0.25, 0.3) is 0 Å². The Balaban J connectivity index is 2.43. The third kappa shape index (κ3) is 2.91. The van der Waals surface area contributed by atoms with Gasteiger partial charge in [-0.25, -0.2) is 0 Å². The SMILES string of the molecule is COc1ccc(C(N)c2cc(C)ccc2C)c(Cl)c1. The van der Waals surface area contributed by atoms with Crippen molar-refractivity contribution in [1.29, 1.82) is 0 Å². The molecule has 0 bridgehead atoms. The van der Waals surface area contributed by atoms with Crippen LogP contribution < -0.4 is 10.5 Å². The number of benzene rings is 2. The Bertz CT molecular complexity index is 595. The van der Waals surface area contributed by atoms with Gasteiger partial charge >= 0.3 is 0 Å². The number of halogens is 1. The van der Waals surface area contributed by atoms with E-state index in [-0.39, 0.29) is 6.04 Å². The Labute approximate surface area is 119 Å². The topological polar surface area (TPSA) is 35.2 Å². The second kappa shape index (κ2) is 5.64. The van der Waals surface area contributed by atoms with Crippen LogP contribution in [-0.2, 0) is 0 Å². The summed E-state index contributed by atoms with van der Waals surface area (Å²) in [5, 5.41) is 0.632. The van der Waals surface area contributed by atoms with E-state index in [1.807, 2.05) is 12.1 Å². The van der Waals surface area contributed by atoms with Gasteiger partial charge in [-0.1, -0.05) is 41.4 Å². The lowest BCUT2D eigenvalue weighted by Gasteiger charge is -2.18. The van der Waals surface area contributed by atoms with Gasteiger partial charge in [0.1, 0.15) is 5.75 Å². The van der Waals surface area contributed by atoms with Gasteiger partial charge in [0.05, 0.1) is 13.2 Å². The minimum atomic E-state index is -0.224. The van der Waals surface area contributed by atoms with Gasteiger partial charge in [-0.15, -0.1) is 0 Å². The van der Waals surface area contributed by atoms with Crippen LogP contribution in [0.15, 0.2) is 36.4 Å². The van der Waals surface area contributed by atoms with E-state index in [1.165, 1.54) is 11.1 Å². The summed E-state index contributed by atoms with van der Waals surface area (Å²) in [5.74, 6) is 0.738. The van der Waals surface area contributed by atoms with E-state index in [4.69, 9.17) is 22.1 Å². The molecule has 0 radical (unpaired) electrons. The lowest BCUT2D eigenvalue weighted by Crippen LogP contribution is -2.14. The third-order valence-electron chi connectivity index (χ3n) is 3.31. The van der Waals surface area contributed by atoms with Gasteiger partial charge in [-0.3, -0.25) is 0 Å². The fourth-order valence-corrected chi connectivity index (χ4v) is 2.44. The Hall–Kier alpha value is -1.51. The second-order valence-corrected chi connectivity index (χ2v) is 5.13. The average Bonchev–Trinajstić information content (AvgIpc) is 2.40. The minimum absolute atomic E-state index is 0.224. The molecule has 0 aliphatic carbocycles. The Morgan fingerprint density at radius 2 is 1.79 bits per heavy atom. The van der Waals surface area contributed by atoms with E-state index in [1.54, 1.807) is 13.2 Å². The molecule has 0 fully saturated rings. The second-order valence-electron chi connectivity index (χ2n) is 4.73. The van der Waals surface area contributed by atoms with Crippen molar-refractivity contribution in [3.63, 3.8) is 0 Å². The van der Waals surface area contributed by atoms with Gasteiger partial charge in [0.15, 0.2) is 0 Å². The van der Waals surface area contributed by atoms with Crippen LogP contribution >= 0.6 is 11.6 Å². The molecule has 0 aromatic heterocycles. The lowest BCUT2D eigenvalue weighted by molar-refractivity contribution is 0.414. The monoisotopic (exact) mass is 275 g/mol. The molecule has 0 aliphatic rings. The van der Waals surface area contributed by atoms with Crippen molar-refractivity contribution >= 4 is 11.6 Å². The predicted molar refractivity (Wildman–Crippen MR) is 80.0 cm³/mol. The van der Waals surface area contributed by atoms with Gasteiger partial charge in [0, 0.05) is 5.02 Å². The fourth-order valence-electron chi connectivity index (χ4n) is 2.15. The van der Waals surface area contributed by atoms with E-state index in [9.17, 15) is 0 Å². The molecule has 19 heavy (non-hydrogen) atoms. The van der Waals surface area contributed by atoms with Crippen molar-refractivity contribution in [3.05, 3.63) is 63.7 Å². The number of hydrogen-bond donors (Lipinski definition) is 1. The number of methoxy groups -OCH3 is 1. The molecule has 1 atom stereocenters. The molecule has 2 aromatic carbocycles. The van der Waals surface area contributed by atoms with Crippen molar-refractivity contribution in [2.45, 2.75) is 19.9 Å². The van der Waals surface area contributed by atoms with Crippen molar-refractivity contribution in [2.75, 3.05) is 7.11 Å². The number of nitrogens with two attached hydrogens (primary N) is 1. The maximum Gasteiger partial charge on any atom is 0.120 e. The van der Waals surface area contributed by atoms with E-state index < -0.39 is 0 Å². The van der Waals surface area contributed by atoms with Crippen LogP contribution in [0.4, 0.5) is 0 Å². The first kappa shape index (κ1) is 13.9. The summed E-state index contributed by atoms with van der Waals surface area (Å²) in [4.78, 5) is 0. The molecular weight excluding hydrogens is 258 g/mol. The molecule has 0 amide bonds. The maximum atomic E-state index is 6.35. The lowest BCUT2D eigenvalue weighted by atomic mass is 9.94. The normalized spacial score (nSPS) is 12.3. The molecule has 0 saturated heterocycles. The average molecular weight is 276 g/mol. The third-order valence-corrected chi connectivity index (χ3v) is 3.64. The van der Waals surface area contributed by atoms with Crippen LogP contribution in [0.1, 0.15) is 28.3 Å². The molecule has 2 rings (SSSR count). The van der Waals surface area contributed by atoms with Gasteiger partial charge in [-0.05, 0) is 42.7 Å². The number of aryl methyl sites for hydroxylation is 2. The largest absolute Gasteiger partial charge is 0.497 e. The standard InChI is InChI=1S/C16H18ClNO/c1-10-4-5-11(2)14(8-10)16(18)13-7-6-12(19-3)9-15(13)17/h4-9,16H,18H2,1-3H3. The number of rotatable bonds is 3. The van der Waals surface area contributed by atoms with E-state index in [0.717, 1.165) is 16.9 Å². The van der Waals surface area contributed by atoms with Gasteiger partial charge in [0.25, 0.3) is 0 Å². The quantitative estimate of drug-likeness (QED) is 0.918.